The number of rotatable bonds is 4. The van der Waals surface area contributed by atoms with Crippen molar-refractivity contribution in [3.05, 3.63) is 48.0 Å². The number of ether oxygens (including phenoxy) is 1. The van der Waals surface area contributed by atoms with E-state index in [1.165, 1.54) is 0 Å². The van der Waals surface area contributed by atoms with Gasteiger partial charge in [0.1, 0.15) is 6.61 Å². The summed E-state index contributed by atoms with van der Waals surface area (Å²) in [6, 6.07) is 12.0. The maximum Gasteiger partial charge on any atom is 0.465 e. The quantitative estimate of drug-likeness (QED) is 0.692. The van der Waals surface area contributed by atoms with Crippen molar-refractivity contribution < 1.29 is 31.3 Å². The van der Waals surface area contributed by atoms with Crippen molar-refractivity contribution in [1.29, 1.82) is 0 Å². The van der Waals surface area contributed by atoms with E-state index >= 15 is 0 Å². The summed E-state index contributed by atoms with van der Waals surface area (Å²) < 4.78 is 59.5. The fourth-order valence-corrected chi connectivity index (χ4v) is 2.02. The molecule has 21 heavy (non-hydrogen) atoms. The Bertz CT molecular complexity index is 781. The average Bonchev–Trinajstić information content (AvgIpc) is 2.43. The summed E-state index contributed by atoms with van der Waals surface area (Å²) in [5.41, 5.74) is 0.438. The van der Waals surface area contributed by atoms with Gasteiger partial charge in [0.2, 0.25) is 0 Å². The topological polar surface area (TPSA) is 80.7 Å². The molecule has 2 rings (SSSR count). The molecule has 112 valence electrons. The zero-order valence-corrected chi connectivity index (χ0v) is 11.3. The summed E-state index contributed by atoms with van der Waals surface area (Å²) in [5.74, 6) is -2.32. The minimum absolute atomic E-state index is 0.438. The van der Waals surface area contributed by atoms with Crippen LogP contribution in [0.5, 0.6) is 0 Å². The van der Waals surface area contributed by atoms with Crippen molar-refractivity contribution in [3.63, 3.8) is 0 Å². The van der Waals surface area contributed by atoms with Gasteiger partial charge in [-0.1, -0.05) is 42.5 Å². The Kier molecular flexibility index (Phi) is 3.93. The number of hydrogen-bond acceptors (Lipinski definition) is 4. The summed E-state index contributed by atoms with van der Waals surface area (Å²) in [4.78, 5) is 11.1. The molecule has 0 heterocycles. The number of halogens is 2. The van der Waals surface area contributed by atoms with Gasteiger partial charge in [-0.15, -0.1) is 0 Å². The third kappa shape index (κ3) is 3.01. The van der Waals surface area contributed by atoms with E-state index in [9.17, 15) is 22.0 Å². The van der Waals surface area contributed by atoms with Crippen molar-refractivity contribution in [2.24, 2.45) is 0 Å². The van der Waals surface area contributed by atoms with Crippen molar-refractivity contribution in [1.82, 2.24) is 0 Å². The fraction of sp³-hybridized carbons (Fsp3) is 0.154. The molecule has 0 radical (unpaired) electrons. The van der Waals surface area contributed by atoms with E-state index in [1.807, 2.05) is 0 Å². The minimum atomic E-state index is -5.86. The van der Waals surface area contributed by atoms with Crippen LogP contribution < -0.4 is 0 Å². The Labute approximate surface area is 118 Å². The summed E-state index contributed by atoms with van der Waals surface area (Å²) in [5, 5.41) is -3.49. The van der Waals surface area contributed by atoms with Crippen LogP contribution in [0, 0.1) is 0 Å². The molecule has 0 atom stereocenters. The van der Waals surface area contributed by atoms with Crippen molar-refractivity contribution in [3.8, 4) is 0 Å². The van der Waals surface area contributed by atoms with Gasteiger partial charge in [0.15, 0.2) is 0 Å². The lowest BCUT2D eigenvalue weighted by Gasteiger charge is -2.13. The molecule has 0 fully saturated rings. The third-order valence-electron chi connectivity index (χ3n) is 2.80. The highest BCUT2D eigenvalue weighted by Gasteiger charge is 2.54. The van der Waals surface area contributed by atoms with Crippen LogP contribution in [0.4, 0.5) is 8.78 Å². The number of carbonyl (C=O) groups excluding carboxylic acids is 1. The first-order chi connectivity index (χ1) is 9.73. The molecule has 0 spiro atoms. The van der Waals surface area contributed by atoms with Gasteiger partial charge in [0.25, 0.3) is 0 Å². The second-order valence-electron chi connectivity index (χ2n) is 4.21. The zero-order valence-electron chi connectivity index (χ0n) is 10.5. The molecule has 5 nitrogen and oxygen atoms in total. The zero-order chi connectivity index (χ0) is 15.7. The number of fused-ring (bicyclic) bond motifs is 1. The van der Waals surface area contributed by atoms with E-state index in [0.717, 1.165) is 5.39 Å². The molecule has 2 aromatic rings. The molecule has 0 aliphatic heterocycles. The molecule has 2 aromatic carbocycles. The van der Waals surface area contributed by atoms with Crippen LogP contribution in [0.1, 0.15) is 5.56 Å². The standard InChI is InChI=1S/C13H10F2O5S/c14-13(15,21(17,18)19)12(16)20-8-10-6-3-5-9-4-1-2-7-11(9)10/h1-7H,8H2,(H,17,18,19). The first-order valence-electron chi connectivity index (χ1n) is 5.72. The SMILES string of the molecule is O=C(OCc1cccc2ccccc12)C(F)(F)S(=O)(=O)O. The number of hydrogen-bond donors (Lipinski definition) is 1. The number of alkyl halides is 2. The van der Waals surface area contributed by atoms with Gasteiger partial charge in [-0.25, -0.2) is 4.79 Å². The Morgan fingerprint density at radius 3 is 2.43 bits per heavy atom. The highest BCUT2D eigenvalue weighted by Crippen LogP contribution is 2.24. The van der Waals surface area contributed by atoms with Crippen molar-refractivity contribution in [2.45, 2.75) is 11.9 Å². The molecule has 8 heteroatoms. The highest BCUT2D eigenvalue weighted by molar-refractivity contribution is 7.87. The maximum atomic E-state index is 13.0. The summed E-state index contributed by atoms with van der Waals surface area (Å²) in [6.07, 6.45) is 0. The second kappa shape index (κ2) is 5.38. The lowest BCUT2D eigenvalue weighted by atomic mass is 10.1. The lowest BCUT2D eigenvalue weighted by molar-refractivity contribution is -0.162. The van der Waals surface area contributed by atoms with Crippen LogP contribution in [0.2, 0.25) is 0 Å². The van der Waals surface area contributed by atoms with Gasteiger partial charge in [-0.3, -0.25) is 4.55 Å². The average molecular weight is 316 g/mol. The molecular weight excluding hydrogens is 306 g/mol. The Morgan fingerprint density at radius 2 is 1.76 bits per heavy atom. The molecule has 0 saturated carbocycles. The van der Waals surface area contributed by atoms with Crippen LogP contribution in [0.25, 0.3) is 10.8 Å². The molecular formula is C13H10F2O5S. The summed E-state index contributed by atoms with van der Waals surface area (Å²) >= 11 is 0. The molecule has 0 amide bonds. The van der Waals surface area contributed by atoms with Gasteiger partial charge >= 0.3 is 21.3 Å². The Hall–Kier alpha value is -2.06. The molecule has 0 saturated heterocycles. The monoisotopic (exact) mass is 316 g/mol. The second-order valence-corrected chi connectivity index (χ2v) is 5.67. The minimum Gasteiger partial charge on any atom is -0.455 e. The fourth-order valence-electron chi connectivity index (χ4n) is 1.75. The van der Waals surface area contributed by atoms with Crippen LogP contribution in [0.15, 0.2) is 42.5 Å². The highest BCUT2D eigenvalue weighted by atomic mass is 32.2. The first kappa shape index (κ1) is 15.3. The van der Waals surface area contributed by atoms with Crippen molar-refractivity contribution in [2.75, 3.05) is 0 Å². The van der Waals surface area contributed by atoms with Crippen molar-refractivity contribution >= 4 is 26.9 Å². The van der Waals surface area contributed by atoms with E-state index in [1.54, 1.807) is 42.5 Å². The Morgan fingerprint density at radius 1 is 1.14 bits per heavy atom. The molecule has 0 aliphatic rings. The normalized spacial score (nSPS) is 12.3. The number of benzene rings is 2. The first-order valence-corrected chi connectivity index (χ1v) is 7.16. The molecule has 0 unspecified atom stereocenters. The van der Waals surface area contributed by atoms with E-state index < -0.39 is 27.9 Å². The lowest BCUT2D eigenvalue weighted by Crippen LogP contribution is -2.38. The smallest absolute Gasteiger partial charge is 0.455 e. The van der Waals surface area contributed by atoms with E-state index in [2.05, 4.69) is 4.74 Å². The predicted octanol–water partition coefficient (Wildman–Crippen LogP) is 2.36. The van der Waals surface area contributed by atoms with Crippen LogP contribution in [-0.4, -0.2) is 24.2 Å². The molecule has 0 aliphatic carbocycles. The molecule has 1 N–H and O–H groups in total. The van der Waals surface area contributed by atoms with Gasteiger partial charge in [-0.05, 0) is 16.3 Å². The van der Waals surface area contributed by atoms with Gasteiger partial charge in [0, 0.05) is 0 Å². The largest absolute Gasteiger partial charge is 0.465 e. The maximum absolute atomic E-state index is 13.0. The van der Waals surface area contributed by atoms with Gasteiger partial charge in [-0.2, -0.15) is 17.2 Å². The van der Waals surface area contributed by atoms with Crippen LogP contribution in [-0.2, 0) is 26.3 Å². The Balaban J connectivity index is 2.22. The van der Waals surface area contributed by atoms with E-state index in [0.29, 0.717) is 10.9 Å². The number of esters is 1. The third-order valence-corrected chi connectivity index (χ3v) is 3.61. The van der Waals surface area contributed by atoms with Gasteiger partial charge < -0.3 is 4.74 Å². The van der Waals surface area contributed by atoms with Crippen LogP contribution >= 0.6 is 0 Å². The molecule has 0 aromatic heterocycles. The van der Waals surface area contributed by atoms with E-state index in [4.69, 9.17) is 4.55 Å². The molecule has 0 bridgehead atoms. The summed E-state index contributed by atoms with van der Waals surface area (Å²) in [7, 11) is -5.86. The predicted molar refractivity (Wildman–Crippen MR) is 70.2 cm³/mol. The van der Waals surface area contributed by atoms with Crippen LogP contribution in [0.3, 0.4) is 0 Å². The van der Waals surface area contributed by atoms with Gasteiger partial charge in [0.05, 0.1) is 0 Å². The van der Waals surface area contributed by atoms with E-state index in [-0.39, 0.29) is 0 Å². The number of carbonyl (C=O) groups is 1. The summed E-state index contributed by atoms with van der Waals surface area (Å²) in [6.45, 7) is -0.536.